The van der Waals surface area contributed by atoms with Crippen LogP contribution in [0.5, 0.6) is 0 Å². The van der Waals surface area contributed by atoms with Gasteiger partial charge in [0, 0.05) is 0 Å². The number of ether oxygens (including phenoxy) is 1. The second-order valence-corrected chi connectivity index (χ2v) is 4.80. The van der Waals surface area contributed by atoms with E-state index in [4.69, 9.17) is 4.74 Å². The molecule has 0 atom stereocenters. The maximum Gasteiger partial charge on any atom is 0.348 e. The number of carbonyl (C=O) groups excluding carboxylic acids is 1. The molecule has 0 radical (unpaired) electrons. The lowest BCUT2D eigenvalue weighted by Crippen LogP contribution is -2.24. The topological polar surface area (TPSA) is 43.4 Å². The Morgan fingerprint density at radius 2 is 1.40 bits per heavy atom. The number of esters is 1. The van der Waals surface area contributed by atoms with Crippen molar-refractivity contribution in [3.8, 4) is 0 Å². The third-order valence-corrected chi connectivity index (χ3v) is 3.59. The van der Waals surface area contributed by atoms with Gasteiger partial charge in [-0.2, -0.15) is 0 Å². The molecule has 0 aliphatic heterocycles. The molecule has 0 N–H and O–H groups in total. The fourth-order valence-electron chi connectivity index (χ4n) is 2.09. The number of hydrogen-bond donors (Lipinski definition) is 0. The maximum atomic E-state index is 11.9. The summed E-state index contributed by atoms with van der Waals surface area (Å²) in [6, 6.07) is 18.9. The predicted octanol–water partition coefficient (Wildman–Crippen LogP) is 2.38. The van der Waals surface area contributed by atoms with Gasteiger partial charge in [0.2, 0.25) is 0 Å². The minimum Gasteiger partial charge on any atom is -0.465 e. The van der Waals surface area contributed by atoms with Crippen molar-refractivity contribution in [1.82, 2.24) is 0 Å². The van der Waals surface area contributed by atoms with Crippen LogP contribution in [0.4, 0.5) is 0 Å². The Morgan fingerprint density at radius 1 is 0.950 bits per heavy atom. The summed E-state index contributed by atoms with van der Waals surface area (Å²) in [5, 5.41) is 0. The summed E-state index contributed by atoms with van der Waals surface area (Å²) in [6.45, 7) is 0. The summed E-state index contributed by atoms with van der Waals surface area (Å²) in [5.74, 6) is -0.977. The van der Waals surface area contributed by atoms with Crippen LogP contribution in [0.15, 0.2) is 60.7 Å². The minimum atomic E-state index is -0.581. The highest BCUT2D eigenvalue weighted by molar-refractivity contribution is 7.68. The first-order valence-corrected chi connectivity index (χ1v) is 6.87. The minimum absolute atomic E-state index is 0.143. The monoisotopic (exact) mass is 286 g/mol. The molecule has 2 aromatic rings. The molecule has 0 saturated heterocycles. The molecule has 0 heterocycles. The van der Waals surface area contributed by atoms with E-state index in [0.717, 1.165) is 11.1 Å². The number of hydrogen-bond acceptors (Lipinski definition) is 3. The molecule has 0 bridgehead atoms. The molecule has 2 aromatic carbocycles. The first kappa shape index (κ1) is 14.2. The zero-order valence-corrected chi connectivity index (χ0v) is 11.8. The molecule has 3 nitrogen and oxygen atoms in total. The van der Waals surface area contributed by atoms with Crippen molar-refractivity contribution in [2.24, 2.45) is 0 Å². The molecule has 0 aliphatic carbocycles. The van der Waals surface area contributed by atoms with E-state index in [1.807, 2.05) is 60.7 Å². The Hall–Kier alpha value is -2.20. The van der Waals surface area contributed by atoms with Crippen LogP contribution in [0.3, 0.4) is 0 Å². The summed E-state index contributed by atoms with van der Waals surface area (Å²) in [5.41, 5.74) is 1.78. The molecular weight excluding hydrogens is 272 g/mol. The second-order valence-electron chi connectivity index (χ2n) is 4.19. The average molecular weight is 286 g/mol. The normalized spacial score (nSPS) is 10.1. The van der Waals surface area contributed by atoms with E-state index in [9.17, 15) is 9.00 Å². The maximum absolute atomic E-state index is 11.9. The Balaban J connectivity index is 2.56. The van der Waals surface area contributed by atoms with E-state index in [-0.39, 0.29) is 16.1 Å². The molecule has 102 valence electrons. The lowest BCUT2D eigenvalue weighted by molar-refractivity contribution is -0.132. The lowest BCUT2D eigenvalue weighted by atomic mass is 9.88. The molecule has 2 rings (SSSR count). The third-order valence-electron chi connectivity index (χ3n) is 3.00. The van der Waals surface area contributed by atoms with E-state index in [2.05, 4.69) is 0 Å². The summed E-state index contributed by atoms with van der Waals surface area (Å²) in [4.78, 5) is 12.0. The van der Waals surface area contributed by atoms with Crippen LogP contribution in [0.1, 0.15) is 17.0 Å². The van der Waals surface area contributed by atoms with Gasteiger partial charge in [0.15, 0.2) is 0 Å². The molecule has 4 heteroatoms. The average Bonchev–Trinajstić information content (AvgIpc) is 2.53. The smallest absolute Gasteiger partial charge is 0.348 e. The van der Waals surface area contributed by atoms with Crippen molar-refractivity contribution in [2.45, 2.75) is 5.92 Å². The molecule has 0 fully saturated rings. The number of rotatable bonds is 4. The van der Waals surface area contributed by atoms with E-state index >= 15 is 0 Å². The van der Waals surface area contributed by atoms with E-state index in [1.165, 1.54) is 7.11 Å². The van der Waals surface area contributed by atoms with Crippen molar-refractivity contribution in [3.05, 3.63) is 71.8 Å². The van der Waals surface area contributed by atoms with Crippen LogP contribution in [0.2, 0.25) is 0 Å². The molecule has 0 unspecified atom stereocenters. The standard InChI is InChI=1S/C16H14O3S/c1-19-16(17)15(20-18)14(12-8-4-2-5-9-12)13-10-6-3-7-11-13/h2-11,14H,1H3. The van der Waals surface area contributed by atoms with Gasteiger partial charge in [0.1, 0.15) is 16.1 Å². The summed E-state index contributed by atoms with van der Waals surface area (Å²) in [6.07, 6.45) is 0. The Kier molecular flexibility index (Phi) is 4.85. The fraction of sp³-hybridized carbons (Fsp3) is 0.125. The van der Waals surface area contributed by atoms with Crippen molar-refractivity contribution >= 4 is 22.1 Å². The van der Waals surface area contributed by atoms with Gasteiger partial charge in [-0.3, -0.25) is 0 Å². The van der Waals surface area contributed by atoms with Crippen LogP contribution < -0.4 is 0 Å². The molecule has 0 aromatic heterocycles. The second kappa shape index (κ2) is 6.82. The summed E-state index contributed by atoms with van der Waals surface area (Å²) >= 11 is 0.193. The van der Waals surface area contributed by atoms with Crippen molar-refractivity contribution < 1.29 is 13.7 Å². The van der Waals surface area contributed by atoms with Gasteiger partial charge in [-0.05, 0) is 11.1 Å². The van der Waals surface area contributed by atoms with Gasteiger partial charge < -0.3 is 4.74 Å². The van der Waals surface area contributed by atoms with E-state index in [0.29, 0.717) is 0 Å². The van der Waals surface area contributed by atoms with Gasteiger partial charge in [-0.1, -0.05) is 60.7 Å². The third kappa shape index (κ3) is 3.03. The first-order valence-electron chi connectivity index (χ1n) is 6.12. The van der Waals surface area contributed by atoms with E-state index < -0.39 is 11.9 Å². The fourth-order valence-corrected chi connectivity index (χ4v) is 2.61. The quantitative estimate of drug-likeness (QED) is 0.640. The summed E-state index contributed by atoms with van der Waals surface area (Å²) < 4.78 is 16.1. The molecule has 0 spiro atoms. The van der Waals surface area contributed by atoms with Crippen LogP contribution in [-0.2, 0) is 20.8 Å². The molecule has 0 saturated carbocycles. The van der Waals surface area contributed by atoms with Crippen LogP contribution >= 0.6 is 0 Å². The van der Waals surface area contributed by atoms with Crippen molar-refractivity contribution in [1.29, 1.82) is 0 Å². The molecular formula is C16H14O3S. The van der Waals surface area contributed by atoms with Gasteiger partial charge in [-0.15, -0.1) is 0 Å². The van der Waals surface area contributed by atoms with Crippen LogP contribution in [0, 0.1) is 0 Å². The van der Waals surface area contributed by atoms with Gasteiger partial charge in [0.25, 0.3) is 0 Å². The highest BCUT2D eigenvalue weighted by atomic mass is 32.1. The highest BCUT2D eigenvalue weighted by Crippen LogP contribution is 2.26. The summed E-state index contributed by atoms with van der Waals surface area (Å²) in [7, 11) is 1.28. The van der Waals surface area contributed by atoms with Crippen LogP contribution in [-0.4, -0.2) is 22.2 Å². The SMILES string of the molecule is COC(=O)C(=S=O)C(c1ccccc1)c1ccccc1. The van der Waals surface area contributed by atoms with Gasteiger partial charge in [0.05, 0.1) is 13.0 Å². The van der Waals surface area contributed by atoms with Crippen molar-refractivity contribution in [3.63, 3.8) is 0 Å². The molecule has 0 aliphatic rings. The molecule has 20 heavy (non-hydrogen) atoms. The van der Waals surface area contributed by atoms with Crippen LogP contribution in [0.25, 0.3) is 0 Å². The lowest BCUT2D eigenvalue weighted by Gasteiger charge is -2.17. The zero-order chi connectivity index (χ0) is 14.4. The Labute approximate surface area is 121 Å². The van der Waals surface area contributed by atoms with Gasteiger partial charge >= 0.3 is 5.97 Å². The number of methoxy groups -OCH3 is 1. The Bertz CT molecular complexity index is 592. The first-order chi connectivity index (χ1) is 9.77. The molecule has 0 amide bonds. The highest BCUT2D eigenvalue weighted by Gasteiger charge is 2.26. The van der Waals surface area contributed by atoms with Gasteiger partial charge in [-0.25, -0.2) is 9.00 Å². The number of benzene rings is 2. The predicted molar refractivity (Wildman–Crippen MR) is 79.9 cm³/mol. The van der Waals surface area contributed by atoms with E-state index in [1.54, 1.807) is 0 Å². The Morgan fingerprint density at radius 3 is 1.75 bits per heavy atom. The zero-order valence-electron chi connectivity index (χ0n) is 11.0. The number of carbonyl (C=O) groups is 1. The largest absolute Gasteiger partial charge is 0.465 e. The van der Waals surface area contributed by atoms with Crippen molar-refractivity contribution in [2.75, 3.05) is 7.11 Å².